The van der Waals surface area contributed by atoms with Crippen LogP contribution in [0.5, 0.6) is 5.75 Å². The fourth-order valence-electron chi connectivity index (χ4n) is 4.14. The summed E-state index contributed by atoms with van der Waals surface area (Å²) in [7, 11) is 0. The van der Waals surface area contributed by atoms with E-state index in [2.05, 4.69) is 46.3 Å². The van der Waals surface area contributed by atoms with Gasteiger partial charge in [0.25, 0.3) is 5.91 Å². The van der Waals surface area contributed by atoms with E-state index in [0.717, 1.165) is 55.0 Å². The van der Waals surface area contributed by atoms with Gasteiger partial charge in [-0.15, -0.1) is 0 Å². The summed E-state index contributed by atoms with van der Waals surface area (Å²) in [5.41, 5.74) is 3.76. The van der Waals surface area contributed by atoms with Crippen LogP contribution in [-0.4, -0.2) is 39.2 Å². The summed E-state index contributed by atoms with van der Waals surface area (Å²) >= 11 is 0. The van der Waals surface area contributed by atoms with Gasteiger partial charge in [-0.1, -0.05) is 0 Å². The zero-order chi connectivity index (χ0) is 19.3. The van der Waals surface area contributed by atoms with Crippen molar-refractivity contribution in [3.05, 3.63) is 47.9 Å². The van der Waals surface area contributed by atoms with Crippen LogP contribution in [-0.2, 0) is 6.42 Å². The standard InChI is InChI=1S/C21H23N5O2/c1-21(2)12-14-10-16(17(11-18(14)28-21)25-7-3-4-8-25)24-20(27)15-13-23-26-9-5-6-22-19(15)26/h5-6,9-11,13H,3-4,7-8,12H2,1-2H3,(H,24,27). The zero-order valence-electron chi connectivity index (χ0n) is 16.1. The number of nitrogens with one attached hydrogen (secondary N) is 1. The molecule has 3 aromatic rings. The summed E-state index contributed by atoms with van der Waals surface area (Å²) in [6.45, 7) is 6.16. The van der Waals surface area contributed by atoms with E-state index in [-0.39, 0.29) is 11.5 Å². The number of anilines is 2. The topological polar surface area (TPSA) is 71.8 Å². The van der Waals surface area contributed by atoms with Crippen LogP contribution in [0.4, 0.5) is 11.4 Å². The van der Waals surface area contributed by atoms with Crippen LogP contribution in [0.25, 0.3) is 5.65 Å². The third kappa shape index (κ3) is 2.87. The molecule has 5 rings (SSSR count). The summed E-state index contributed by atoms with van der Waals surface area (Å²) in [6.07, 6.45) is 8.15. The first-order valence-electron chi connectivity index (χ1n) is 9.71. The molecule has 1 aromatic carbocycles. The Morgan fingerprint density at radius 1 is 1.25 bits per heavy atom. The highest BCUT2D eigenvalue weighted by molar-refractivity contribution is 6.09. The number of fused-ring (bicyclic) bond motifs is 2. The van der Waals surface area contributed by atoms with E-state index < -0.39 is 0 Å². The first-order valence-corrected chi connectivity index (χ1v) is 9.71. The largest absolute Gasteiger partial charge is 0.487 e. The number of hydrogen-bond acceptors (Lipinski definition) is 5. The molecule has 0 saturated carbocycles. The van der Waals surface area contributed by atoms with Gasteiger partial charge in [0.1, 0.15) is 16.9 Å². The van der Waals surface area contributed by atoms with Crippen LogP contribution in [0.15, 0.2) is 36.8 Å². The summed E-state index contributed by atoms with van der Waals surface area (Å²) in [4.78, 5) is 19.6. The predicted molar refractivity (Wildman–Crippen MR) is 107 cm³/mol. The van der Waals surface area contributed by atoms with Crippen molar-refractivity contribution >= 4 is 22.9 Å². The number of carbonyl (C=O) groups excluding carboxylic acids is 1. The van der Waals surface area contributed by atoms with Gasteiger partial charge in [-0.2, -0.15) is 5.10 Å². The minimum absolute atomic E-state index is 0.202. The third-order valence-corrected chi connectivity index (χ3v) is 5.40. The van der Waals surface area contributed by atoms with Crippen molar-refractivity contribution < 1.29 is 9.53 Å². The van der Waals surface area contributed by atoms with Crippen LogP contribution in [0.1, 0.15) is 42.6 Å². The summed E-state index contributed by atoms with van der Waals surface area (Å²) < 4.78 is 7.73. The number of benzene rings is 1. The summed E-state index contributed by atoms with van der Waals surface area (Å²) in [6, 6.07) is 5.93. The molecule has 0 spiro atoms. The Morgan fingerprint density at radius 2 is 2.07 bits per heavy atom. The number of rotatable bonds is 3. The van der Waals surface area contributed by atoms with Crippen LogP contribution < -0.4 is 15.0 Å². The molecule has 0 unspecified atom stereocenters. The number of amides is 1. The van der Waals surface area contributed by atoms with Gasteiger partial charge >= 0.3 is 0 Å². The maximum atomic E-state index is 13.0. The Kier molecular flexibility index (Phi) is 3.79. The number of nitrogens with zero attached hydrogens (tertiary/aromatic N) is 4. The van der Waals surface area contributed by atoms with Crippen molar-refractivity contribution in [3.8, 4) is 5.75 Å². The lowest BCUT2D eigenvalue weighted by Crippen LogP contribution is -2.24. The molecule has 0 aliphatic carbocycles. The molecular formula is C21H23N5O2. The second-order valence-corrected chi connectivity index (χ2v) is 8.11. The molecule has 144 valence electrons. The van der Waals surface area contributed by atoms with Gasteiger partial charge in [-0.25, -0.2) is 9.50 Å². The normalized spacial score (nSPS) is 17.6. The Morgan fingerprint density at radius 3 is 2.89 bits per heavy atom. The molecule has 0 radical (unpaired) electrons. The fraction of sp³-hybridized carbons (Fsp3) is 0.381. The van der Waals surface area contributed by atoms with Gasteiger partial charge in [0, 0.05) is 43.5 Å². The second-order valence-electron chi connectivity index (χ2n) is 8.11. The first-order chi connectivity index (χ1) is 13.5. The van der Waals surface area contributed by atoms with Crippen molar-refractivity contribution in [3.63, 3.8) is 0 Å². The lowest BCUT2D eigenvalue weighted by atomic mass is 10.0. The van der Waals surface area contributed by atoms with Crippen molar-refractivity contribution in [2.24, 2.45) is 0 Å². The quantitative estimate of drug-likeness (QED) is 0.758. The number of hydrogen-bond donors (Lipinski definition) is 1. The van der Waals surface area contributed by atoms with Gasteiger partial charge < -0.3 is 15.0 Å². The highest BCUT2D eigenvalue weighted by atomic mass is 16.5. The van der Waals surface area contributed by atoms with Crippen molar-refractivity contribution in [2.45, 2.75) is 38.7 Å². The van der Waals surface area contributed by atoms with Crippen molar-refractivity contribution in [1.29, 1.82) is 0 Å². The molecule has 0 atom stereocenters. The first kappa shape index (κ1) is 17.0. The Balaban J connectivity index is 1.52. The maximum Gasteiger partial charge on any atom is 0.261 e. The average Bonchev–Trinajstić information content (AvgIpc) is 3.38. The number of carbonyl (C=O) groups is 1. The molecule has 1 fully saturated rings. The van der Waals surface area contributed by atoms with E-state index in [4.69, 9.17) is 4.74 Å². The molecule has 7 nitrogen and oxygen atoms in total. The summed E-state index contributed by atoms with van der Waals surface area (Å²) in [5, 5.41) is 7.33. The molecule has 2 aromatic heterocycles. The third-order valence-electron chi connectivity index (χ3n) is 5.40. The number of ether oxygens (including phenoxy) is 1. The van der Waals surface area contributed by atoms with Gasteiger partial charge in [0.15, 0.2) is 5.65 Å². The number of aromatic nitrogens is 3. The van der Waals surface area contributed by atoms with Crippen LogP contribution in [0.2, 0.25) is 0 Å². The molecule has 4 heterocycles. The van der Waals surface area contributed by atoms with Crippen LogP contribution >= 0.6 is 0 Å². The molecule has 2 aliphatic rings. The molecule has 28 heavy (non-hydrogen) atoms. The predicted octanol–water partition coefficient (Wildman–Crippen LogP) is 3.30. The minimum atomic E-state index is -0.223. The molecule has 1 saturated heterocycles. The highest BCUT2D eigenvalue weighted by Gasteiger charge is 2.32. The average molecular weight is 377 g/mol. The highest BCUT2D eigenvalue weighted by Crippen LogP contribution is 2.42. The Bertz CT molecular complexity index is 1070. The summed E-state index contributed by atoms with van der Waals surface area (Å²) in [5.74, 6) is 0.717. The molecule has 0 bridgehead atoms. The second kappa shape index (κ2) is 6.22. The molecule has 1 N–H and O–H groups in total. The Labute approximate surface area is 163 Å². The molecule has 7 heteroatoms. The van der Waals surface area contributed by atoms with Crippen molar-refractivity contribution in [2.75, 3.05) is 23.3 Å². The van der Waals surface area contributed by atoms with E-state index in [1.807, 2.05) is 0 Å². The van der Waals surface area contributed by atoms with E-state index in [9.17, 15) is 4.79 Å². The van der Waals surface area contributed by atoms with Gasteiger partial charge in [-0.05, 0) is 38.8 Å². The van der Waals surface area contributed by atoms with E-state index in [1.54, 1.807) is 29.2 Å². The van der Waals surface area contributed by atoms with Crippen LogP contribution in [0.3, 0.4) is 0 Å². The van der Waals surface area contributed by atoms with Gasteiger partial charge in [0.2, 0.25) is 0 Å². The van der Waals surface area contributed by atoms with E-state index >= 15 is 0 Å². The molecule has 2 aliphatic heterocycles. The SMILES string of the molecule is CC1(C)Cc2cc(NC(=O)c3cnn4cccnc34)c(N3CCCC3)cc2O1. The van der Waals surface area contributed by atoms with Gasteiger partial charge in [0.05, 0.1) is 17.6 Å². The fourth-order valence-corrected chi connectivity index (χ4v) is 4.14. The minimum Gasteiger partial charge on any atom is -0.487 e. The lowest BCUT2D eigenvalue weighted by molar-refractivity contribution is 0.102. The van der Waals surface area contributed by atoms with E-state index in [1.165, 1.54) is 0 Å². The lowest BCUT2D eigenvalue weighted by Gasteiger charge is -2.23. The zero-order valence-corrected chi connectivity index (χ0v) is 16.1. The molecular weight excluding hydrogens is 354 g/mol. The van der Waals surface area contributed by atoms with E-state index in [0.29, 0.717) is 11.2 Å². The maximum absolute atomic E-state index is 13.0. The smallest absolute Gasteiger partial charge is 0.261 e. The monoisotopic (exact) mass is 377 g/mol. The van der Waals surface area contributed by atoms with Crippen LogP contribution in [0, 0.1) is 0 Å². The Hall–Kier alpha value is -3.09. The van der Waals surface area contributed by atoms with Gasteiger partial charge in [-0.3, -0.25) is 4.79 Å². The molecule has 1 amide bonds. The van der Waals surface area contributed by atoms with Crippen molar-refractivity contribution in [1.82, 2.24) is 14.6 Å².